The molecule has 2 rings (SSSR count). The van der Waals surface area contributed by atoms with Gasteiger partial charge in [-0.3, -0.25) is 10.1 Å². The van der Waals surface area contributed by atoms with Crippen LogP contribution in [0.3, 0.4) is 0 Å². The van der Waals surface area contributed by atoms with Crippen molar-refractivity contribution in [3.05, 3.63) is 51.2 Å². The Morgan fingerprint density at radius 2 is 2.00 bits per heavy atom. The Hall–Kier alpha value is -1.64. The van der Waals surface area contributed by atoms with E-state index >= 15 is 0 Å². The van der Waals surface area contributed by atoms with Crippen LogP contribution in [0.15, 0.2) is 30.0 Å². The molecule has 0 radical (unpaired) electrons. The van der Waals surface area contributed by atoms with Gasteiger partial charge in [-0.1, -0.05) is 37.1 Å². The predicted molar refractivity (Wildman–Crippen MR) is 68.1 cm³/mol. The Morgan fingerprint density at radius 3 is 2.59 bits per heavy atom. The number of hydrogen-bond acceptors (Lipinski definition) is 2. The van der Waals surface area contributed by atoms with Crippen LogP contribution in [-0.2, 0) is 0 Å². The van der Waals surface area contributed by atoms with Crippen molar-refractivity contribution in [2.45, 2.75) is 32.6 Å². The first-order chi connectivity index (χ1) is 8.18. The lowest BCUT2D eigenvalue weighted by molar-refractivity contribution is -0.432. The molecule has 3 heteroatoms. The molecule has 0 heterocycles. The lowest BCUT2D eigenvalue weighted by Gasteiger charge is -2.07. The molecule has 1 aliphatic carbocycles. The SMILES string of the molecule is Cc1ccccc1/C=C(\C1CCCC1)[N+](=O)[O-]. The molecule has 0 aliphatic heterocycles. The molecule has 17 heavy (non-hydrogen) atoms. The minimum absolute atomic E-state index is 0.143. The van der Waals surface area contributed by atoms with E-state index in [2.05, 4.69) is 0 Å². The maximum atomic E-state index is 11.1. The Bertz CT molecular complexity index is 445. The third-order valence-corrected chi connectivity index (χ3v) is 3.48. The smallest absolute Gasteiger partial charge is 0.249 e. The van der Waals surface area contributed by atoms with Crippen molar-refractivity contribution in [2.75, 3.05) is 0 Å². The zero-order valence-corrected chi connectivity index (χ0v) is 10.1. The molecule has 0 unspecified atom stereocenters. The number of benzene rings is 1. The molecule has 0 amide bonds. The van der Waals surface area contributed by atoms with E-state index < -0.39 is 0 Å². The quantitative estimate of drug-likeness (QED) is 0.586. The van der Waals surface area contributed by atoms with Crippen molar-refractivity contribution in [1.29, 1.82) is 0 Å². The van der Waals surface area contributed by atoms with Crippen LogP contribution in [0.5, 0.6) is 0 Å². The van der Waals surface area contributed by atoms with Crippen molar-refractivity contribution in [3.8, 4) is 0 Å². The average molecular weight is 231 g/mol. The normalized spacial score (nSPS) is 17.4. The van der Waals surface area contributed by atoms with E-state index in [9.17, 15) is 10.1 Å². The van der Waals surface area contributed by atoms with Crippen LogP contribution in [0.1, 0.15) is 36.8 Å². The Balaban J connectivity index is 2.33. The Kier molecular flexibility index (Phi) is 3.57. The molecule has 0 atom stereocenters. The first kappa shape index (κ1) is 11.8. The highest BCUT2D eigenvalue weighted by Gasteiger charge is 2.27. The summed E-state index contributed by atoms with van der Waals surface area (Å²) in [4.78, 5) is 10.9. The zero-order valence-electron chi connectivity index (χ0n) is 10.1. The van der Waals surface area contributed by atoms with Gasteiger partial charge >= 0.3 is 0 Å². The zero-order chi connectivity index (χ0) is 12.3. The first-order valence-electron chi connectivity index (χ1n) is 6.10. The summed E-state index contributed by atoms with van der Waals surface area (Å²) in [5, 5.41) is 11.1. The lowest BCUT2D eigenvalue weighted by atomic mass is 10.00. The van der Waals surface area contributed by atoms with Gasteiger partial charge in [0.15, 0.2) is 0 Å². The fraction of sp³-hybridized carbons (Fsp3) is 0.429. The monoisotopic (exact) mass is 231 g/mol. The number of aryl methyl sites for hydroxylation is 1. The second kappa shape index (κ2) is 5.13. The molecule has 0 N–H and O–H groups in total. The number of rotatable bonds is 3. The molecule has 1 aromatic rings. The van der Waals surface area contributed by atoms with Gasteiger partial charge < -0.3 is 0 Å². The summed E-state index contributed by atoms with van der Waals surface area (Å²) >= 11 is 0. The molecular weight excluding hydrogens is 214 g/mol. The van der Waals surface area contributed by atoms with Crippen molar-refractivity contribution in [2.24, 2.45) is 5.92 Å². The minimum atomic E-state index is -0.206. The molecule has 0 bridgehead atoms. The molecule has 1 aromatic carbocycles. The number of nitro groups is 1. The van der Waals surface area contributed by atoms with Crippen LogP contribution in [0.4, 0.5) is 0 Å². The van der Waals surface area contributed by atoms with Crippen molar-refractivity contribution in [1.82, 2.24) is 0 Å². The van der Waals surface area contributed by atoms with Gasteiger partial charge in [-0.15, -0.1) is 0 Å². The summed E-state index contributed by atoms with van der Waals surface area (Å²) in [5.74, 6) is 0.143. The number of allylic oxidation sites excluding steroid dienone is 1. The van der Waals surface area contributed by atoms with Crippen molar-refractivity contribution < 1.29 is 4.92 Å². The van der Waals surface area contributed by atoms with E-state index in [0.717, 1.165) is 36.8 Å². The maximum absolute atomic E-state index is 11.1. The molecule has 3 nitrogen and oxygen atoms in total. The molecular formula is C14H17NO2. The number of hydrogen-bond donors (Lipinski definition) is 0. The summed E-state index contributed by atoms with van der Waals surface area (Å²) < 4.78 is 0. The summed E-state index contributed by atoms with van der Waals surface area (Å²) in [5.41, 5.74) is 2.44. The largest absolute Gasteiger partial charge is 0.259 e. The van der Waals surface area contributed by atoms with Crippen molar-refractivity contribution >= 4 is 6.08 Å². The summed E-state index contributed by atoms with van der Waals surface area (Å²) in [6.07, 6.45) is 5.90. The van der Waals surface area contributed by atoms with Gasteiger partial charge in [-0.2, -0.15) is 0 Å². The molecule has 1 aliphatic rings. The van der Waals surface area contributed by atoms with Crippen LogP contribution >= 0.6 is 0 Å². The van der Waals surface area contributed by atoms with Crippen LogP contribution in [-0.4, -0.2) is 4.92 Å². The van der Waals surface area contributed by atoms with Gasteiger partial charge in [0, 0.05) is 12.0 Å². The molecule has 1 saturated carbocycles. The van der Waals surface area contributed by atoms with Gasteiger partial charge in [-0.05, 0) is 30.9 Å². The first-order valence-corrected chi connectivity index (χ1v) is 6.10. The van der Waals surface area contributed by atoms with E-state index in [-0.39, 0.29) is 10.8 Å². The molecule has 0 aromatic heterocycles. The van der Waals surface area contributed by atoms with Gasteiger partial charge in [0.25, 0.3) is 0 Å². The van der Waals surface area contributed by atoms with Crippen LogP contribution in [0, 0.1) is 23.0 Å². The topological polar surface area (TPSA) is 43.1 Å². The summed E-state index contributed by atoms with van der Waals surface area (Å²) in [7, 11) is 0. The summed E-state index contributed by atoms with van der Waals surface area (Å²) in [6.45, 7) is 1.98. The van der Waals surface area contributed by atoms with Gasteiger partial charge in [0.2, 0.25) is 5.70 Å². The van der Waals surface area contributed by atoms with Gasteiger partial charge in [-0.25, -0.2) is 0 Å². The van der Waals surface area contributed by atoms with E-state index in [1.54, 1.807) is 6.08 Å². The van der Waals surface area contributed by atoms with E-state index in [4.69, 9.17) is 0 Å². The highest BCUT2D eigenvalue weighted by atomic mass is 16.6. The Labute approximate surface area is 101 Å². The van der Waals surface area contributed by atoms with Crippen LogP contribution in [0.2, 0.25) is 0 Å². The third-order valence-electron chi connectivity index (χ3n) is 3.48. The van der Waals surface area contributed by atoms with Crippen LogP contribution < -0.4 is 0 Å². The standard InChI is InChI=1S/C14H17NO2/c1-11-6-2-3-9-13(11)10-14(15(16)17)12-7-4-5-8-12/h2-3,6,9-10,12H,4-5,7-8H2,1H3/b14-10+. The van der Waals surface area contributed by atoms with Crippen LogP contribution in [0.25, 0.3) is 6.08 Å². The second-order valence-electron chi connectivity index (χ2n) is 4.66. The third kappa shape index (κ3) is 2.73. The second-order valence-corrected chi connectivity index (χ2v) is 4.66. The van der Waals surface area contributed by atoms with Gasteiger partial charge in [0.1, 0.15) is 0 Å². The lowest BCUT2D eigenvalue weighted by Crippen LogP contribution is -2.08. The van der Waals surface area contributed by atoms with E-state index in [0.29, 0.717) is 5.70 Å². The number of nitrogens with zero attached hydrogens (tertiary/aromatic N) is 1. The molecule has 0 saturated heterocycles. The molecule has 0 spiro atoms. The fourth-order valence-electron chi connectivity index (χ4n) is 2.45. The predicted octanol–water partition coefficient (Wildman–Crippen LogP) is 3.80. The average Bonchev–Trinajstić information content (AvgIpc) is 2.81. The maximum Gasteiger partial charge on any atom is 0.249 e. The fourth-order valence-corrected chi connectivity index (χ4v) is 2.45. The molecule has 1 fully saturated rings. The summed E-state index contributed by atoms with van der Waals surface area (Å²) in [6, 6.07) is 7.80. The van der Waals surface area contributed by atoms with E-state index in [1.807, 2.05) is 31.2 Å². The van der Waals surface area contributed by atoms with Gasteiger partial charge in [0.05, 0.1) is 4.92 Å². The van der Waals surface area contributed by atoms with E-state index in [1.165, 1.54) is 0 Å². The highest BCUT2D eigenvalue weighted by molar-refractivity contribution is 5.55. The highest BCUT2D eigenvalue weighted by Crippen LogP contribution is 2.32. The molecule has 90 valence electrons. The van der Waals surface area contributed by atoms with Crippen molar-refractivity contribution in [3.63, 3.8) is 0 Å². The minimum Gasteiger partial charge on any atom is -0.259 e. The Morgan fingerprint density at radius 1 is 1.35 bits per heavy atom.